The van der Waals surface area contributed by atoms with Gasteiger partial charge in [-0.05, 0) is 29.7 Å². The van der Waals surface area contributed by atoms with Crippen molar-refractivity contribution >= 4 is 23.5 Å². The summed E-state index contributed by atoms with van der Waals surface area (Å²) in [7, 11) is 1.62. The largest absolute Gasteiger partial charge is 0.383 e. The van der Waals surface area contributed by atoms with E-state index in [1.165, 1.54) is 5.56 Å². The lowest BCUT2D eigenvalue weighted by molar-refractivity contribution is 0.0937. The molecule has 1 aliphatic rings. The average Bonchev–Trinajstić information content (AvgIpc) is 2.93. The maximum Gasteiger partial charge on any atom is 0.251 e. The van der Waals surface area contributed by atoms with E-state index >= 15 is 0 Å². The van der Waals surface area contributed by atoms with Crippen LogP contribution in [0.1, 0.15) is 34.1 Å². The Hall–Kier alpha value is -2.94. The Morgan fingerprint density at radius 3 is 2.44 bits per heavy atom. The standard InChI is InChI=1S/C28H35N5O2S/c1-3-25-19-26(33-16-14-32(15-17-33)20-22-7-5-4-6-8-22)31-28(30-25)36-21-23-9-11-24(12-10-23)27(34)29-13-18-35-2/h4-12,19H,3,13-18,20-21H2,1-2H3,(H,29,34). The van der Waals surface area contributed by atoms with Crippen LogP contribution < -0.4 is 10.2 Å². The minimum atomic E-state index is -0.0845. The number of aryl methyl sites for hydroxylation is 1. The van der Waals surface area contributed by atoms with Gasteiger partial charge in [0.1, 0.15) is 5.82 Å². The molecule has 7 nitrogen and oxygen atoms in total. The third-order valence-corrected chi connectivity index (χ3v) is 7.15. The van der Waals surface area contributed by atoms with Gasteiger partial charge in [0.05, 0.1) is 6.61 Å². The molecule has 0 spiro atoms. The van der Waals surface area contributed by atoms with E-state index in [2.05, 4.69) is 58.4 Å². The van der Waals surface area contributed by atoms with Gasteiger partial charge in [-0.25, -0.2) is 9.97 Å². The number of hydrogen-bond donors (Lipinski definition) is 1. The number of benzene rings is 2. The fourth-order valence-electron chi connectivity index (χ4n) is 4.11. The fourth-order valence-corrected chi connectivity index (χ4v) is 4.94. The Morgan fingerprint density at radius 2 is 1.75 bits per heavy atom. The normalized spacial score (nSPS) is 14.1. The first-order valence-corrected chi connectivity index (χ1v) is 13.5. The van der Waals surface area contributed by atoms with Crippen LogP contribution in [0.5, 0.6) is 0 Å². The molecule has 36 heavy (non-hydrogen) atoms. The van der Waals surface area contributed by atoms with Gasteiger partial charge < -0.3 is 15.0 Å². The molecule has 1 N–H and O–H groups in total. The van der Waals surface area contributed by atoms with Crippen LogP contribution in [-0.2, 0) is 23.5 Å². The number of piperazine rings is 1. The molecule has 0 aliphatic carbocycles. The van der Waals surface area contributed by atoms with Gasteiger partial charge in [-0.15, -0.1) is 0 Å². The second kappa shape index (κ2) is 13.4. The van der Waals surface area contributed by atoms with Gasteiger partial charge in [-0.3, -0.25) is 9.69 Å². The van der Waals surface area contributed by atoms with Crippen molar-refractivity contribution < 1.29 is 9.53 Å². The summed E-state index contributed by atoms with van der Waals surface area (Å²) < 4.78 is 4.98. The van der Waals surface area contributed by atoms with Gasteiger partial charge in [0.2, 0.25) is 0 Å². The van der Waals surface area contributed by atoms with Crippen LogP contribution in [0, 0.1) is 0 Å². The summed E-state index contributed by atoms with van der Waals surface area (Å²) in [6.45, 7) is 8.10. The number of amides is 1. The van der Waals surface area contributed by atoms with Crippen molar-refractivity contribution in [1.29, 1.82) is 0 Å². The number of ether oxygens (including phenoxy) is 1. The number of carbonyl (C=O) groups is 1. The highest BCUT2D eigenvalue weighted by molar-refractivity contribution is 7.98. The van der Waals surface area contributed by atoms with E-state index in [9.17, 15) is 4.79 Å². The van der Waals surface area contributed by atoms with E-state index in [1.54, 1.807) is 18.9 Å². The molecule has 1 aliphatic heterocycles. The molecule has 4 rings (SSSR count). The molecule has 2 aromatic carbocycles. The molecule has 2 heterocycles. The summed E-state index contributed by atoms with van der Waals surface area (Å²) in [5, 5.41) is 3.65. The van der Waals surface area contributed by atoms with Crippen LogP contribution in [0.2, 0.25) is 0 Å². The third kappa shape index (κ3) is 7.53. The van der Waals surface area contributed by atoms with Crippen molar-refractivity contribution in [2.45, 2.75) is 30.8 Å². The Labute approximate surface area is 218 Å². The topological polar surface area (TPSA) is 70.6 Å². The first-order chi connectivity index (χ1) is 17.6. The molecule has 1 fully saturated rings. The SMILES string of the molecule is CCc1cc(N2CCN(Cc3ccccc3)CC2)nc(SCc2ccc(C(=O)NCCOC)cc2)n1. The van der Waals surface area contributed by atoms with Crippen LogP contribution in [0.4, 0.5) is 5.82 Å². The average molecular weight is 506 g/mol. The number of nitrogens with zero attached hydrogens (tertiary/aromatic N) is 4. The Morgan fingerprint density at radius 1 is 1.00 bits per heavy atom. The van der Waals surface area contributed by atoms with Gasteiger partial charge >= 0.3 is 0 Å². The van der Waals surface area contributed by atoms with Crippen LogP contribution in [-0.4, -0.2) is 67.2 Å². The highest BCUT2D eigenvalue weighted by Crippen LogP contribution is 2.24. The molecule has 1 amide bonds. The molecule has 1 saturated heterocycles. The number of rotatable bonds is 11. The summed E-state index contributed by atoms with van der Waals surface area (Å²) in [5.41, 5.74) is 4.21. The molecule has 1 aromatic heterocycles. The zero-order valence-corrected chi connectivity index (χ0v) is 22.0. The maximum atomic E-state index is 12.2. The van der Waals surface area contributed by atoms with Crippen LogP contribution >= 0.6 is 11.8 Å². The minimum Gasteiger partial charge on any atom is -0.383 e. The minimum absolute atomic E-state index is 0.0845. The zero-order chi connectivity index (χ0) is 25.2. The fraction of sp³-hybridized carbons (Fsp3) is 0.393. The number of aromatic nitrogens is 2. The zero-order valence-electron chi connectivity index (χ0n) is 21.2. The lowest BCUT2D eigenvalue weighted by atomic mass is 10.1. The first kappa shape index (κ1) is 26.1. The Bertz CT molecular complexity index is 1100. The Balaban J connectivity index is 1.33. The molecular formula is C28H35N5O2S. The molecule has 0 bridgehead atoms. The lowest BCUT2D eigenvalue weighted by Gasteiger charge is -2.35. The summed E-state index contributed by atoms with van der Waals surface area (Å²) in [6.07, 6.45) is 0.879. The van der Waals surface area contributed by atoms with Crippen molar-refractivity contribution in [2.75, 3.05) is 51.3 Å². The van der Waals surface area contributed by atoms with E-state index in [4.69, 9.17) is 14.7 Å². The molecule has 3 aromatic rings. The molecular weight excluding hydrogens is 470 g/mol. The smallest absolute Gasteiger partial charge is 0.251 e. The van der Waals surface area contributed by atoms with E-state index in [1.807, 2.05) is 24.3 Å². The van der Waals surface area contributed by atoms with E-state index < -0.39 is 0 Å². The van der Waals surface area contributed by atoms with Crippen LogP contribution in [0.15, 0.2) is 65.8 Å². The highest BCUT2D eigenvalue weighted by Gasteiger charge is 2.19. The van der Waals surface area contributed by atoms with Crippen molar-refractivity contribution in [3.63, 3.8) is 0 Å². The number of nitrogens with one attached hydrogen (secondary N) is 1. The number of thioether (sulfide) groups is 1. The summed E-state index contributed by atoms with van der Waals surface area (Å²) >= 11 is 1.64. The second-order valence-electron chi connectivity index (χ2n) is 8.84. The summed E-state index contributed by atoms with van der Waals surface area (Å²) in [6, 6.07) is 20.5. The predicted octanol–water partition coefficient (Wildman–Crippen LogP) is 4.03. The van der Waals surface area contributed by atoms with Crippen molar-refractivity contribution in [2.24, 2.45) is 0 Å². The first-order valence-electron chi connectivity index (χ1n) is 12.5. The van der Waals surface area contributed by atoms with Crippen molar-refractivity contribution in [3.8, 4) is 0 Å². The summed E-state index contributed by atoms with van der Waals surface area (Å²) in [4.78, 5) is 26.7. The van der Waals surface area contributed by atoms with Crippen LogP contribution in [0.3, 0.4) is 0 Å². The van der Waals surface area contributed by atoms with E-state index in [0.29, 0.717) is 18.7 Å². The van der Waals surface area contributed by atoms with E-state index in [-0.39, 0.29) is 5.91 Å². The quantitative estimate of drug-likeness (QED) is 0.240. The van der Waals surface area contributed by atoms with Gasteiger partial charge in [0.15, 0.2) is 5.16 Å². The van der Waals surface area contributed by atoms with Gasteiger partial charge in [-0.2, -0.15) is 0 Å². The van der Waals surface area contributed by atoms with Gasteiger partial charge in [-0.1, -0.05) is 61.2 Å². The van der Waals surface area contributed by atoms with Gasteiger partial charge in [0.25, 0.3) is 5.91 Å². The molecule has 0 atom stereocenters. The number of methoxy groups -OCH3 is 1. The van der Waals surface area contributed by atoms with Crippen LogP contribution in [0.25, 0.3) is 0 Å². The monoisotopic (exact) mass is 505 g/mol. The Kier molecular flexibility index (Phi) is 9.72. The third-order valence-electron chi connectivity index (χ3n) is 6.23. The maximum absolute atomic E-state index is 12.2. The lowest BCUT2D eigenvalue weighted by Crippen LogP contribution is -2.46. The molecule has 0 radical (unpaired) electrons. The van der Waals surface area contributed by atoms with E-state index in [0.717, 1.165) is 67.1 Å². The van der Waals surface area contributed by atoms with Crippen molar-refractivity contribution in [3.05, 3.63) is 83.0 Å². The molecule has 0 unspecified atom stereocenters. The number of anilines is 1. The molecule has 0 saturated carbocycles. The predicted molar refractivity (Wildman–Crippen MR) is 146 cm³/mol. The number of carbonyl (C=O) groups excluding carboxylic acids is 1. The number of hydrogen-bond acceptors (Lipinski definition) is 7. The molecule has 190 valence electrons. The molecule has 8 heteroatoms. The summed E-state index contributed by atoms with van der Waals surface area (Å²) in [5.74, 6) is 1.69. The highest BCUT2D eigenvalue weighted by atomic mass is 32.2. The second-order valence-corrected chi connectivity index (χ2v) is 9.78. The van der Waals surface area contributed by atoms with Crippen molar-refractivity contribution in [1.82, 2.24) is 20.2 Å². The van der Waals surface area contributed by atoms with Gasteiger partial charge in [0, 0.05) is 69.5 Å².